The molecule has 1 saturated carbocycles. The number of carbonyl (C=O) groups excluding carboxylic acids is 1. The van der Waals surface area contributed by atoms with Crippen LogP contribution in [0.15, 0.2) is 18.2 Å². The molecule has 1 aromatic rings. The summed E-state index contributed by atoms with van der Waals surface area (Å²) in [6.45, 7) is 0.596. The first kappa shape index (κ1) is 15.0. The first-order chi connectivity index (χ1) is 10.1. The van der Waals surface area contributed by atoms with E-state index in [1.807, 2.05) is 0 Å². The standard InChI is InChI=1S/C17H20ClFO2/c18-14-6-4-5-13(15(14)19)16(20)12-7-10-21-17(11-12)8-2-1-3-9-17/h4-6,12H,1-3,7-11H2. The van der Waals surface area contributed by atoms with Crippen molar-refractivity contribution >= 4 is 17.4 Å². The predicted octanol–water partition coefficient (Wildman–Crippen LogP) is 4.79. The van der Waals surface area contributed by atoms with Gasteiger partial charge in [0.15, 0.2) is 11.6 Å². The molecule has 1 heterocycles. The molecule has 114 valence electrons. The molecule has 2 nitrogen and oxygen atoms in total. The van der Waals surface area contributed by atoms with Crippen molar-refractivity contribution in [1.82, 2.24) is 0 Å². The Morgan fingerprint density at radius 2 is 2.05 bits per heavy atom. The molecular formula is C17H20ClFO2. The molecule has 2 aliphatic rings. The number of carbonyl (C=O) groups is 1. The third-order valence-electron chi connectivity index (χ3n) is 4.85. The lowest BCUT2D eigenvalue weighted by Crippen LogP contribution is -2.43. The zero-order valence-electron chi connectivity index (χ0n) is 12.0. The third kappa shape index (κ3) is 3.00. The molecule has 21 heavy (non-hydrogen) atoms. The van der Waals surface area contributed by atoms with Crippen molar-refractivity contribution in [2.24, 2.45) is 5.92 Å². The number of halogens is 2. The Morgan fingerprint density at radius 3 is 2.81 bits per heavy atom. The van der Waals surface area contributed by atoms with Gasteiger partial charge in [-0.3, -0.25) is 4.79 Å². The Kier molecular flexibility index (Phi) is 4.32. The molecular weight excluding hydrogens is 291 g/mol. The molecule has 2 fully saturated rings. The van der Waals surface area contributed by atoms with Gasteiger partial charge >= 0.3 is 0 Å². The Hall–Kier alpha value is -0.930. The predicted molar refractivity (Wildman–Crippen MR) is 80.2 cm³/mol. The van der Waals surface area contributed by atoms with Crippen molar-refractivity contribution in [3.05, 3.63) is 34.6 Å². The van der Waals surface area contributed by atoms with Gasteiger partial charge < -0.3 is 4.74 Å². The molecule has 1 saturated heterocycles. The molecule has 1 spiro atoms. The van der Waals surface area contributed by atoms with Crippen LogP contribution < -0.4 is 0 Å². The third-order valence-corrected chi connectivity index (χ3v) is 5.14. The van der Waals surface area contributed by atoms with E-state index in [0.717, 1.165) is 32.1 Å². The Bertz CT molecular complexity index is 532. The number of ether oxygens (including phenoxy) is 1. The van der Waals surface area contributed by atoms with Crippen molar-refractivity contribution in [1.29, 1.82) is 0 Å². The zero-order valence-corrected chi connectivity index (χ0v) is 12.8. The van der Waals surface area contributed by atoms with Gasteiger partial charge in [0.1, 0.15) is 0 Å². The number of hydrogen-bond donors (Lipinski definition) is 0. The summed E-state index contributed by atoms with van der Waals surface area (Å²) in [6, 6.07) is 4.64. The summed E-state index contributed by atoms with van der Waals surface area (Å²) in [5, 5.41) is 0.0142. The number of hydrogen-bond acceptors (Lipinski definition) is 2. The van der Waals surface area contributed by atoms with E-state index in [4.69, 9.17) is 16.3 Å². The molecule has 0 aromatic heterocycles. The van der Waals surface area contributed by atoms with Gasteiger partial charge in [0.2, 0.25) is 0 Å². The van der Waals surface area contributed by atoms with Gasteiger partial charge in [-0.25, -0.2) is 4.39 Å². The fourth-order valence-electron chi connectivity index (χ4n) is 3.71. The van der Waals surface area contributed by atoms with Gasteiger partial charge in [0.05, 0.1) is 16.2 Å². The summed E-state index contributed by atoms with van der Waals surface area (Å²) < 4.78 is 20.1. The van der Waals surface area contributed by atoms with Crippen molar-refractivity contribution < 1.29 is 13.9 Å². The molecule has 1 aliphatic heterocycles. The first-order valence-electron chi connectivity index (χ1n) is 7.73. The van der Waals surface area contributed by atoms with Crippen LogP contribution in [0.5, 0.6) is 0 Å². The molecule has 1 aromatic carbocycles. The van der Waals surface area contributed by atoms with Crippen molar-refractivity contribution in [3.8, 4) is 0 Å². The number of rotatable bonds is 2. The molecule has 1 aliphatic carbocycles. The summed E-state index contributed by atoms with van der Waals surface area (Å²) in [5.74, 6) is -0.860. The van der Waals surface area contributed by atoms with Gasteiger partial charge in [-0.05, 0) is 37.8 Å². The monoisotopic (exact) mass is 310 g/mol. The van der Waals surface area contributed by atoms with Gasteiger partial charge in [-0.15, -0.1) is 0 Å². The minimum absolute atomic E-state index is 0.0142. The topological polar surface area (TPSA) is 26.3 Å². The van der Waals surface area contributed by atoms with Crippen LogP contribution in [-0.4, -0.2) is 18.0 Å². The molecule has 1 unspecified atom stereocenters. The average molecular weight is 311 g/mol. The van der Waals surface area contributed by atoms with Crippen molar-refractivity contribution in [2.75, 3.05) is 6.61 Å². The summed E-state index contributed by atoms with van der Waals surface area (Å²) in [7, 11) is 0. The van der Waals surface area contributed by atoms with Gasteiger partial charge in [0, 0.05) is 12.5 Å². The molecule has 0 bridgehead atoms. The molecule has 0 N–H and O–H groups in total. The maximum Gasteiger partial charge on any atom is 0.169 e. The summed E-state index contributed by atoms with van der Waals surface area (Å²) in [6.07, 6.45) is 7.00. The molecule has 0 amide bonds. The van der Waals surface area contributed by atoms with E-state index in [1.54, 1.807) is 6.07 Å². The maximum absolute atomic E-state index is 14.1. The summed E-state index contributed by atoms with van der Waals surface area (Å²) in [5.41, 5.74) is -0.0216. The van der Waals surface area contributed by atoms with Crippen LogP contribution in [0.3, 0.4) is 0 Å². The second kappa shape index (κ2) is 6.05. The minimum Gasteiger partial charge on any atom is -0.375 e. The highest BCUT2D eigenvalue weighted by atomic mass is 35.5. The average Bonchev–Trinajstić information content (AvgIpc) is 2.50. The summed E-state index contributed by atoms with van der Waals surface area (Å²) >= 11 is 5.79. The van der Waals surface area contributed by atoms with E-state index >= 15 is 0 Å². The largest absolute Gasteiger partial charge is 0.375 e. The first-order valence-corrected chi connectivity index (χ1v) is 8.11. The van der Waals surface area contributed by atoms with E-state index < -0.39 is 5.82 Å². The van der Waals surface area contributed by atoms with Crippen LogP contribution >= 0.6 is 11.6 Å². The fraction of sp³-hybridized carbons (Fsp3) is 0.588. The van der Waals surface area contributed by atoms with Gasteiger partial charge in [0.25, 0.3) is 0 Å². The van der Waals surface area contributed by atoms with Crippen molar-refractivity contribution in [3.63, 3.8) is 0 Å². The van der Waals surface area contributed by atoms with Crippen molar-refractivity contribution in [2.45, 2.75) is 50.5 Å². The smallest absolute Gasteiger partial charge is 0.169 e. The lowest BCUT2D eigenvalue weighted by Gasteiger charge is -2.43. The molecule has 1 atom stereocenters. The highest BCUT2D eigenvalue weighted by Gasteiger charge is 2.41. The number of benzene rings is 1. The van der Waals surface area contributed by atoms with E-state index in [2.05, 4.69) is 0 Å². The molecule has 0 radical (unpaired) electrons. The van der Waals surface area contributed by atoms with Crippen LogP contribution in [0.4, 0.5) is 4.39 Å². The van der Waals surface area contributed by atoms with E-state index in [0.29, 0.717) is 13.0 Å². The minimum atomic E-state index is -0.589. The Morgan fingerprint density at radius 1 is 1.29 bits per heavy atom. The van der Waals surface area contributed by atoms with Crippen LogP contribution in [0.25, 0.3) is 0 Å². The second-order valence-corrected chi connectivity index (χ2v) is 6.65. The van der Waals surface area contributed by atoms with Crippen LogP contribution in [0, 0.1) is 11.7 Å². The van der Waals surface area contributed by atoms with Crippen LogP contribution in [0.2, 0.25) is 5.02 Å². The SMILES string of the molecule is O=C(c1cccc(Cl)c1F)C1CCOC2(CCCCC2)C1. The van der Waals surface area contributed by atoms with Gasteiger partial charge in [-0.2, -0.15) is 0 Å². The number of Topliss-reactive ketones (excluding diaryl/α,β-unsaturated/α-hetero) is 1. The fourth-order valence-corrected chi connectivity index (χ4v) is 3.88. The maximum atomic E-state index is 14.1. The highest BCUT2D eigenvalue weighted by molar-refractivity contribution is 6.31. The van der Waals surface area contributed by atoms with Crippen LogP contribution in [-0.2, 0) is 4.74 Å². The number of ketones is 1. The molecule has 4 heteroatoms. The Balaban J connectivity index is 1.79. The lowest BCUT2D eigenvalue weighted by molar-refractivity contribution is -0.111. The highest BCUT2D eigenvalue weighted by Crippen LogP contribution is 2.41. The lowest BCUT2D eigenvalue weighted by atomic mass is 9.74. The molecule has 3 rings (SSSR count). The Labute approximate surface area is 129 Å². The van der Waals surface area contributed by atoms with E-state index in [1.165, 1.54) is 18.6 Å². The van der Waals surface area contributed by atoms with E-state index in [-0.39, 0.29) is 27.9 Å². The normalized spacial score (nSPS) is 25.0. The zero-order chi connectivity index (χ0) is 14.9. The van der Waals surface area contributed by atoms with Gasteiger partial charge in [-0.1, -0.05) is 36.9 Å². The summed E-state index contributed by atoms with van der Waals surface area (Å²) in [4.78, 5) is 12.6. The second-order valence-electron chi connectivity index (χ2n) is 6.25. The van der Waals surface area contributed by atoms with E-state index in [9.17, 15) is 9.18 Å². The quantitative estimate of drug-likeness (QED) is 0.734. The van der Waals surface area contributed by atoms with Crippen LogP contribution in [0.1, 0.15) is 55.3 Å².